The average Bonchev–Trinajstić information content (AvgIpc) is 3.09. The van der Waals surface area contributed by atoms with Gasteiger partial charge in [-0.3, -0.25) is 0 Å². The van der Waals surface area contributed by atoms with Gasteiger partial charge in [-0.15, -0.1) is 0 Å². The molecule has 1 heteroatoms. The van der Waals surface area contributed by atoms with E-state index >= 15 is 0 Å². The summed E-state index contributed by atoms with van der Waals surface area (Å²) in [6.45, 7) is 23.8. The van der Waals surface area contributed by atoms with Gasteiger partial charge in [-0.05, 0) is 96.1 Å². The zero-order chi connectivity index (χ0) is 22.4. The number of allylic oxidation sites excluding steroid dienone is 10. The van der Waals surface area contributed by atoms with Gasteiger partial charge in [0.15, 0.2) is 0 Å². The first-order chi connectivity index (χ1) is 13.8. The van der Waals surface area contributed by atoms with E-state index < -0.39 is 0 Å². The van der Waals surface area contributed by atoms with Crippen molar-refractivity contribution in [2.45, 2.75) is 66.8 Å². The van der Waals surface area contributed by atoms with Crippen molar-refractivity contribution in [3.63, 3.8) is 0 Å². The molecule has 1 nitrogen and oxygen atoms in total. The van der Waals surface area contributed by atoms with E-state index in [4.69, 9.17) is 5.73 Å². The Hall–Kier alpha value is -2.38. The predicted molar refractivity (Wildman–Crippen MR) is 132 cm³/mol. The molecule has 2 aliphatic carbocycles. The maximum atomic E-state index is 6.32. The minimum atomic E-state index is -0.331. The van der Waals surface area contributed by atoms with Crippen LogP contribution in [-0.4, -0.2) is 0 Å². The Balaban J connectivity index is 1.99. The molecule has 2 aliphatic rings. The molecule has 0 saturated carbocycles. The highest BCUT2D eigenvalue weighted by molar-refractivity contribution is 5.87. The van der Waals surface area contributed by atoms with Crippen molar-refractivity contribution in [2.24, 2.45) is 11.1 Å². The minimum absolute atomic E-state index is 0.168. The fourth-order valence-corrected chi connectivity index (χ4v) is 4.17. The summed E-state index contributed by atoms with van der Waals surface area (Å²) in [5.74, 6) is 0. The van der Waals surface area contributed by atoms with Gasteiger partial charge in [-0.25, -0.2) is 0 Å². The van der Waals surface area contributed by atoms with Gasteiger partial charge in [0.2, 0.25) is 0 Å². The summed E-state index contributed by atoms with van der Waals surface area (Å²) in [6.07, 6.45) is 8.57. The third-order valence-corrected chi connectivity index (χ3v) is 6.63. The molecule has 0 radical (unpaired) electrons. The van der Waals surface area contributed by atoms with Crippen LogP contribution < -0.4 is 5.73 Å². The Morgan fingerprint density at radius 2 is 1.73 bits per heavy atom. The number of fused-ring (bicyclic) bond motifs is 1. The van der Waals surface area contributed by atoms with Crippen LogP contribution in [0.4, 0.5) is 0 Å². The molecular formula is C29H37N. The van der Waals surface area contributed by atoms with Gasteiger partial charge in [-0.2, -0.15) is 0 Å². The number of rotatable bonds is 4. The molecule has 158 valence electrons. The van der Waals surface area contributed by atoms with Crippen LogP contribution in [0.15, 0.2) is 83.0 Å². The second kappa shape index (κ2) is 7.71. The van der Waals surface area contributed by atoms with E-state index in [0.717, 1.165) is 12.8 Å². The van der Waals surface area contributed by atoms with E-state index in [1.807, 2.05) is 6.08 Å². The molecule has 0 bridgehead atoms. The topological polar surface area (TPSA) is 26.0 Å². The highest BCUT2D eigenvalue weighted by Crippen LogP contribution is 2.42. The average molecular weight is 400 g/mol. The first kappa shape index (κ1) is 22.3. The molecule has 0 unspecified atom stereocenters. The fraction of sp³-hybridized carbons (Fsp3) is 0.379. The van der Waals surface area contributed by atoms with Gasteiger partial charge in [0.05, 0.1) is 0 Å². The van der Waals surface area contributed by atoms with E-state index in [1.165, 1.54) is 55.7 Å². The largest absolute Gasteiger partial charge is 0.322 e. The molecule has 0 atom stereocenters. The fourth-order valence-electron chi connectivity index (χ4n) is 4.17. The molecule has 3 rings (SSSR count). The van der Waals surface area contributed by atoms with Crippen LogP contribution in [0.2, 0.25) is 0 Å². The van der Waals surface area contributed by atoms with Crippen molar-refractivity contribution < 1.29 is 0 Å². The predicted octanol–water partition coefficient (Wildman–Crippen LogP) is 7.57. The third-order valence-electron chi connectivity index (χ3n) is 6.63. The van der Waals surface area contributed by atoms with Crippen LogP contribution >= 0.6 is 0 Å². The number of nitrogens with two attached hydrogens (primary N) is 1. The van der Waals surface area contributed by atoms with Crippen LogP contribution in [0, 0.1) is 5.41 Å². The lowest BCUT2D eigenvalue weighted by Crippen LogP contribution is -2.28. The molecule has 0 heterocycles. The standard InChI is InChI=1S/C29H37N/c1-10-25-20(4)21(15-23(25)14-19(3)28(5,6)7)17-27-18(2)13-22-16-24(29(8,9)30)11-12-26(22)27/h10-12,14,16-17H,1-2,13,15,30H2,3-9H3/b19-14+,27-17+. The molecule has 2 N–H and O–H groups in total. The number of benzene rings is 1. The van der Waals surface area contributed by atoms with E-state index in [2.05, 4.69) is 92.0 Å². The maximum absolute atomic E-state index is 6.32. The lowest BCUT2D eigenvalue weighted by molar-refractivity contribution is 0.503. The van der Waals surface area contributed by atoms with Gasteiger partial charge in [-0.1, -0.05) is 75.9 Å². The summed E-state index contributed by atoms with van der Waals surface area (Å²) in [5, 5.41) is 0. The van der Waals surface area contributed by atoms with E-state index in [9.17, 15) is 0 Å². The molecule has 1 aromatic rings. The first-order valence-corrected chi connectivity index (χ1v) is 10.9. The Labute approximate surface area is 183 Å². The molecule has 1 aromatic carbocycles. The highest BCUT2D eigenvalue weighted by atomic mass is 14.7. The molecule has 0 spiro atoms. The van der Waals surface area contributed by atoms with E-state index in [0.29, 0.717) is 0 Å². The Bertz CT molecular complexity index is 1040. The monoisotopic (exact) mass is 399 g/mol. The lowest BCUT2D eigenvalue weighted by Gasteiger charge is -2.20. The van der Waals surface area contributed by atoms with Crippen molar-refractivity contribution >= 4 is 5.57 Å². The summed E-state index contributed by atoms with van der Waals surface area (Å²) >= 11 is 0. The van der Waals surface area contributed by atoms with Crippen LogP contribution in [-0.2, 0) is 12.0 Å². The van der Waals surface area contributed by atoms with Gasteiger partial charge in [0.1, 0.15) is 0 Å². The molecule has 0 aromatic heterocycles. The quantitative estimate of drug-likeness (QED) is 0.555. The Morgan fingerprint density at radius 3 is 2.30 bits per heavy atom. The summed E-state index contributed by atoms with van der Waals surface area (Å²) in [4.78, 5) is 0. The van der Waals surface area contributed by atoms with Gasteiger partial charge in [0.25, 0.3) is 0 Å². The SMILES string of the molecule is C=CC1=C(/C=C(\C)C(C)(C)C)CC(/C=C2\C(=C)Cc3cc(C(C)(C)N)ccc32)=C1C. The van der Waals surface area contributed by atoms with E-state index in [1.54, 1.807) is 0 Å². The van der Waals surface area contributed by atoms with Crippen molar-refractivity contribution in [3.8, 4) is 0 Å². The normalized spacial score (nSPS) is 19.3. The molecule has 0 amide bonds. The van der Waals surface area contributed by atoms with Crippen LogP contribution in [0.25, 0.3) is 5.57 Å². The van der Waals surface area contributed by atoms with Crippen LogP contribution in [0.1, 0.15) is 71.6 Å². The van der Waals surface area contributed by atoms with Crippen molar-refractivity contribution in [2.75, 3.05) is 0 Å². The van der Waals surface area contributed by atoms with Gasteiger partial charge in [0, 0.05) is 5.54 Å². The highest BCUT2D eigenvalue weighted by Gasteiger charge is 2.25. The zero-order valence-corrected chi connectivity index (χ0v) is 19.9. The second-order valence-corrected chi connectivity index (χ2v) is 10.5. The number of hydrogen-bond acceptors (Lipinski definition) is 1. The van der Waals surface area contributed by atoms with Crippen LogP contribution in [0.5, 0.6) is 0 Å². The molecule has 0 aliphatic heterocycles. The second-order valence-electron chi connectivity index (χ2n) is 10.5. The van der Waals surface area contributed by atoms with Crippen LogP contribution in [0.3, 0.4) is 0 Å². The van der Waals surface area contributed by atoms with E-state index in [-0.39, 0.29) is 11.0 Å². The van der Waals surface area contributed by atoms with Crippen molar-refractivity contribution in [1.29, 1.82) is 0 Å². The lowest BCUT2D eigenvalue weighted by atomic mass is 9.86. The smallest absolute Gasteiger partial charge is 0.0352 e. The summed E-state index contributed by atoms with van der Waals surface area (Å²) < 4.78 is 0. The maximum Gasteiger partial charge on any atom is 0.0352 e. The Kier molecular flexibility index (Phi) is 5.73. The summed E-state index contributed by atoms with van der Waals surface area (Å²) in [6, 6.07) is 6.64. The number of hydrogen-bond donors (Lipinski definition) is 1. The zero-order valence-electron chi connectivity index (χ0n) is 19.9. The molecular weight excluding hydrogens is 362 g/mol. The molecule has 0 fully saturated rings. The third kappa shape index (κ3) is 4.23. The van der Waals surface area contributed by atoms with Crippen molar-refractivity contribution in [3.05, 3.63) is 99.7 Å². The van der Waals surface area contributed by atoms with Crippen molar-refractivity contribution in [1.82, 2.24) is 0 Å². The summed E-state index contributed by atoms with van der Waals surface area (Å²) in [7, 11) is 0. The Morgan fingerprint density at radius 1 is 1.07 bits per heavy atom. The first-order valence-electron chi connectivity index (χ1n) is 10.9. The van der Waals surface area contributed by atoms with Gasteiger partial charge < -0.3 is 5.73 Å². The summed E-state index contributed by atoms with van der Waals surface area (Å²) in [5.41, 5.74) is 19.1. The molecule has 0 saturated heterocycles. The van der Waals surface area contributed by atoms with Gasteiger partial charge >= 0.3 is 0 Å². The molecule has 30 heavy (non-hydrogen) atoms. The minimum Gasteiger partial charge on any atom is -0.322 e.